The van der Waals surface area contributed by atoms with Crippen LogP contribution in [0.3, 0.4) is 0 Å². The van der Waals surface area contributed by atoms with Crippen molar-refractivity contribution in [1.82, 2.24) is 0 Å². The Morgan fingerprint density at radius 1 is 1.00 bits per heavy atom. The van der Waals surface area contributed by atoms with E-state index < -0.39 is 0 Å². The number of aliphatic hydroxyl groups excluding tert-OH is 2. The molecule has 0 fully saturated rings. The fourth-order valence-corrected chi connectivity index (χ4v) is 2.46. The summed E-state index contributed by atoms with van der Waals surface area (Å²) in [5, 5.41) is 19.0. The van der Waals surface area contributed by atoms with Crippen molar-refractivity contribution in [3.8, 4) is 0 Å². The number of rotatable bonds is 7. The Bertz CT molecular complexity index is 294. The standard InChI is InChI=1S/C13H21O2P/c14-9-3-5-11(6-4-10-15)12-7-1-2-8-13(12)16/h1-2,7-8,11,14-15H,3-6,9-10,16H2. The lowest BCUT2D eigenvalue weighted by atomic mass is 9.90. The molecule has 0 saturated heterocycles. The molecule has 0 amide bonds. The van der Waals surface area contributed by atoms with Crippen LogP contribution in [0.5, 0.6) is 0 Å². The van der Waals surface area contributed by atoms with Crippen molar-refractivity contribution in [1.29, 1.82) is 0 Å². The van der Waals surface area contributed by atoms with Gasteiger partial charge in [-0.25, -0.2) is 0 Å². The monoisotopic (exact) mass is 240 g/mol. The Morgan fingerprint density at radius 3 is 2.06 bits per heavy atom. The molecule has 3 heteroatoms. The largest absolute Gasteiger partial charge is 0.396 e. The zero-order valence-corrected chi connectivity index (χ0v) is 10.8. The minimum Gasteiger partial charge on any atom is -0.396 e. The molecule has 0 radical (unpaired) electrons. The third-order valence-electron chi connectivity index (χ3n) is 2.86. The van der Waals surface area contributed by atoms with Gasteiger partial charge in [-0.2, -0.15) is 0 Å². The van der Waals surface area contributed by atoms with Crippen LogP contribution < -0.4 is 5.30 Å². The first kappa shape index (κ1) is 13.6. The van der Waals surface area contributed by atoms with Gasteiger partial charge in [-0.15, -0.1) is 9.24 Å². The number of hydrogen-bond donors (Lipinski definition) is 2. The van der Waals surface area contributed by atoms with Gasteiger partial charge in [0.1, 0.15) is 0 Å². The van der Waals surface area contributed by atoms with Gasteiger partial charge >= 0.3 is 0 Å². The zero-order chi connectivity index (χ0) is 11.8. The van der Waals surface area contributed by atoms with Gasteiger partial charge in [0.2, 0.25) is 0 Å². The average molecular weight is 240 g/mol. The fourth-order valence-electron chi connectivity index (χ4n) is 2.01. The Hall–Kier alpha value is -0.430. The van der Waals surface area contributed by atoms with Gasteiger partial charge < -0.3 is 10.2 Å². The third kappa shape index (κ3) is 4.21. The van der Waals surface area contributed by atoms with Crippen LogP contribution in [0.4, 0.5) is 0 Å². The number of aliphatic hydroxyl groups is 2. The molecule has 0 spiro atoms. The summed E-state index contributed by atoms with van der Waals surface area (Å²) in [6, 6.07) is 8.31. The maximum atomic E-state index is 8.90. The molecule has 0 bridgehead atoms. The molecule has 0 aliphatic rings. The van der Waals surface area contributed by atoms with E-state index in [0.29, 0.717) is 5.92 Å². The summed E-state index contributed by atoms with van der Waals surface area (Å²) in [6.45, 7) is 0.489. The van der Waals surface area contributed by atoms with Gasteiger partial charge in [-0.1, -0.05) is 24.3 Å². The Balaban J connectivity index is 2.70. The minimum absolute atomic E-state index is 0.245. The molecule has 90 valence electrons. The van der Waals surface area contributed by atoms with Gasteiger partial charge in [0, 0.05) is 13.2 Å². The third-order valence-corrected chi connectivity index (χ3v) is 3.38. The van der Waals surface area contributed by atoms with Gasteiger partial charge in [0.15, 0.2) is 0 Å². The van der Waals surface area contributed by atoms with E-state index in [0.717, 1.165) is 25.7 Å². The van der Waals surface area contributed by atoms with E-state index in [-0.39, 0.29) is 13.2 Å². The van der Waals surface area contributed by atoms with Crippen molar-refractivity contribution in [2.24, 2.45) is 0 Å². The molecule has 0 heterocycles. The second-order valence-electron chi connectivity index (χ2n) is 4.06. The van der Waals surface area contributed by atoms with Crippen molar-refractivity contribution in [3.05, 3.63) is 29.8 Å². The van der Waals surface area contributed by atoms with E-state index >= 15 is 0 Å². The van der Waals surface area contributed by atoms with Crippen LogP contribution >= 0.6 is 9.24 Å². The lowest BCUT2D eigenvalue weighted by Gasteiger charge is -2.18. The molecule has 1 atom stereocenters. The highest BCUT2D eigenvalue weighted by Crippen LogP contribution is 2.25. The van der Waals surface area contributed by atoms with E-state index in [2.05, 4.69) is 21.4 Å². The lowest BCUT2D eigenvalue weighted by molar-refractivity contribution is 0.264. The summed E-state index contributed by atoms with van der Waals surface area (Å²) in [7, 11) is 2.76. The summed E-state index contributed by atoms with van der Waals surface area (Å²) >= 11 is 0. The predicted molar refractivity (Wildman–Crippen MR) is 71.2 cm³/mol. The smallest absolute Gasteiger partial charge is 0.0431 e. The number of benzene rings is 1. The number of hydrogen-bond acceptors (Lipinski definition) is 2. The first-order chi connectivity index (χ1) is 7.79. The summed E-state index contributed by atoms with van der Waals surface area (Å²) in [6.07, 6.45) is 3.63. The van der Waals surface area contributed by atoms with Crippen LogP contribution in [0.1, 0.15) is 37.2 Å². The van der Waals surface area contributed by atoms with Gasteiger partial charge in [0.05, 0.1) is 0 Å². The van der Waals surface area contributed by atoms with Crippen molar-refractivity contribution in [3.63, 3.8) is 0 Å². The molecule has 2 N–H and O–H groups in total. The molecule has 0 aliphatic carbocycles. The van der Waals surface area contributed by atoms with Crippen molar-refractivity contribution < 1.29 is 10.2 Å². The van der Waals surface area contributed by atoms with E-state index in [9.17, 15) is 0 Å². The maximum absolute atomic E-state index is 8.90. The molecule has 16 heavy (non-hydrogen) atoms. The van der Waals surface area contributed by atoms with E-state index in [4.69, 9.17) is 10.2 Å². The second kappa shape index (κ2) is 7.78. The van der Waals surface area contributed by atoms with Crippen LogP contribution in [-0.4, -0.2) is 23.4 Å². The topological polar surface area (TPSA) is 40.5 Å². The van der Waals surface area contributed by atoms with Crippen LogP contribution in [0.15, 0.2) is 24.3 Å². The highest BCUT2D eigenvalue weighted by molar-refractivity contribution is 7.27. The van der Waals surface area contributed by atoms with Crippen molar-refractivity contribution in [2.75, 3.05) is 13.2 Å². The minimum atomic E-state index is 0.245. The fraction of sp³-hybridized carbons (Fsp3) is 0.538. The lowest BCUT2D eigenvalue weighted by Crippen LogP contribution is -2.09. The highest BCUT2D eigenvalue weighted by Gasteiger charge is 2.12. The summed E-state index contributed by atoms with van der Waals surface area (Å²) in [5.41, 5.74) is 1.33. The van der Waals surface area contributed by atoms with Crippen LogP contribution in [-0.2, 0) is 0 Å². The molecule has 0 aliphatic heterocycles. The Morgan fingerprint density at radius 2 is 1.56 bits per heavy atom. The van der Waals surface area contributed by atoms with Gasteiger partial charge in [-0.3, -0.25) is 0 Å². The first-order valence-corrected chi connectivity index (χ1v) is 6.43. The molecular weight excluding hydrogens is 219 g/mol. The zero-order valence-electron chi connectivity index (χ0n) is 9.60. The molecule has 1 unspecified atom stereocenters. The summed E-state index contributed by atoms with van der Waals surface area (Å²) in [5.74, 6) is 0.452. The molecule has 0 aromatic heterocycles. The van der Waals surface area contributed by atoms with Gasteiger partial charge in [0.25, 0.3) is 0 Å². The van der Waals surface area contributed by atoms with Crippen molar-refractivity contribution in [2.45, 2.75) is 31.6 Å². The predicted octanol–water partition coefficient (Wildman–Crippen LogP) is 1.82. The Kier molecular flexibility index (Phi) is 6.63. The quantitative estimate of drug-likeness (QED) is 0.714. The average Bonchev–Trinajstić information content (AvgIpc) is 2.31. The molecule has 1 rings (SSSR count). The summed E-state index contributed by atoms with van der Waals surface area (Å²) < 4.78 is 0. The van der Waals surface area contributed by atoms with Crippen molar-refractivity contribution >= 4 is 14.5 Å². The summed E-state index contributed by atoms with van der Waals surface area (Å²) in [4.78, 5) is 0. The normalized spacial score (nSPS) is 11.0. The Labute approximate surface area is 99.9 Å². The van der Waals surface area contributed by atoms with Crippen LogP contribution in [0.2, 0.25) is 0 Å². The van der Waals surface area contributed by atoms with Gasteiger partial charge in [-0.05, 0) is 42.5 Å². The van der Waals surface area contributed by atoms with E-state index in [1.165, 1.54) is 10.9 Å². The van der Waals surface area contributed by atoms with E-state index in [1.807, 2.05) is 12.1 Å². The molecule has 1 aromatic carbocycles. The molecule has 1 aromatic rings. The molecular formula is C13H21O2P. The highest BCUT2D eigenvalue weighted by atomic mass is 31.0. The van der Waals surface area contributed by atoms with Crippen LogP contribution in [0.25, 0.3) is 0 Å². The van der Waals surface area contributed by atoms with Crippen LogP contribution in [0, 0.1) is 0 Å². The molecule has 0 saturated carbocycles. The molecule has 2 nitrogen and oxygen atoms in total. The first-order valence-electron chi connectivity index (χ1n) is 5.85. The van der Waals surface area contributed by atoms with E-state index in [1.54, 1.807) is 0 Å². The SMILES string of the molecule is OCCCC(CCCO)c1ccccc1P. The maximum Gasteiger partial charge on any atom is 0.0431 e. The second-order valence-corrected chi connectivity index (χ2v) is 4.68.